The molecule has 2 aromatic heterocycles. The van der Waals surface area contributed by atoms with Crippen molar-refractivity contribution in [2.24, 2.45) is 0 Å². The Morgan fingerprint density at radius 2 is 1.81 bits per heavy atom. The first-order chi connectivity index (χ1) is 15.2. The molecule has 0 saturated carbocycles. The quantitative estimate of drug-likeness (QED) is 0.282. The van der Waals surface area contributed by atoms with Gasteiger partial charge in [-0.2, -0.15) is 5.26 Å². The molecule has 0 unspecified atom stereocenters. The van der Waals surface area contributed by atoms with Gasteiger partial charge in [-0.05, 0) is 23.6 Å². The largest absolute Gasteiger partial charge is 0.422 e. The minimum Gasteiger partial charge on any atom is -0.422 e. The van der Waals surface area contributed by atoms with Crippen molar-refractivity contribution in [3.63, 3.8) is 0 Å². The minimum atomic E-state index is -0.452. The lowest BCUT2D eigenvalue weighted by Crippen LogP contribution is -2.02. The smallest absolute Gasteiger partial charge is 0.345 e. The van der Waals surface area contributed by atoms with Crippen LogP contribution in [0.3, 0.4) is 0 Å². The van der Waals surface area contributed by atoms with Gasteiger partial charge in [-0.15, -0.1) is 11.3 Å². The summed E-state index contributed by atoms with van der Waals surface area (Å²) in [7, 11) is 0. The summed E-state index contributed by atoms with van der Waals surface area (Å²) in [6, 6.07) is 25.3. The van der Waals surface area contributed by atoms with E-state index in [1.54, 1.807) is 23.7 Å². The highest BCUT2D eigenvalue weighted by molar-refractivity contribution is 7.11. The molecule has 0 amide bonds. The molecule has 0 radical (unpaired) electrons. The second-order valence-electron chi connectivity index (χ2n) is 6.86. The molecular formula is C25H15N3O2S. The molecule has 148 valence electrons. The number of aromatic nitrogens is 1. The SMILES string of the molecule is N#C/C(=C\Nc1cccc2ccccc12)c1nc(-c2cc3ccccc3oc2=O)cs1. The van der Waals surface area contributed by atoms with Gasteiger partial charge in [0.15, 0.2) is 0 Å². The summed E-state index contributed by atoms with van der Waals surface area (Å²) in [5.41, 5.74) is 2.23. The summed E-state index contributed by atoms with van der Waals surface area (Å²) >= 11 is 1.31. The van der Waals surface area contributed by atoms with Crippen molar-refractivity contribution in [1.29, 1.82) is 5.26 Å². The minimum absolute atomic E-state index is 0.375. The fraction of sp³-hybridized carbons (Fsp3) is 0. The fourth-order valence-corrected chi connectivity index (χ4v) is 4.19. The Balaban J connectivity index is 1.49. The van der Waals surface area contributed by atoms with Crippen molar-refractivity contribution < 1.29 is 4.42 Å². The van der Waals surface area contributed by atoms with Crippen molar-refractivity contribution in [3.8, 4) is 17.3 Å². The van der Waals surface area contributed by atoms with Crippen LogP contribution in [0.1, 0.15) is 5.01 Å². The zero-order valence-corrected chi connectivity index (χ0v) is 17.0. The molecule has 31 heavy (non-hydrogen) atoms. The van der Waals surface area contributed by atoms with Crippen LogP contribution in [0, 0.1) is 11.3 Å². The number of rotatable bonds is 4. The summed E-state index contributed by atoms with van der Waals surface area (Å²) in [5, 5.41) is 18.2. The number of thiazole rings is 1. The number of allylic oxidation sites excluding steroid dienone is 1. The van der Waals surface area contributed by atoms with Crippen LogP contribution in [0.4, 0.5) is 5.69 Å². The van der Waals surface area contributed by atoms with E-state index in [9.17, 15) is 10.1 Å². The first-order valence-corrected chi connectivity index (χ1v) is 10.4. The summed E-state index contributed by atoms with van der Waals surface area (Å²) < 4.78 is 5.41. The topological polar surface area (TPSA) is 78.9 Å². The Kier molecular flexibility index (Phi) is 4.79. The van der Waals surface area contributed by atoms with E-state index in [-0.39, 0.29) is 0 Å². The van der Waals surface area contributed by atoms with Gasteiger partial charge in [-0.25, -0.2) is 9.78 Å². The number of nitrogens with one attached hydrogen (secondary N) is 1. The van der Waals surface area contributed by atoms with E-state index >= 15 is 0 Å². The van der Waals surface area contributed by atoms with Crippen LogP contribution >= 0.6 is 11.3 Å². The van der Waals surface area contributed by atoms with Gasteiger partial charge in [-0.1, -0.05) is 54.6 Å². The maximum Gasteiger partial charge on any atom is 0.345 e. The van der Waals surface area contributed by atoms with Crippen LogP contribution in [-0.4, -0.2) is 4.98 Å². The van der Waals surface area contributed by atoms with Crippen LogP contribution in [0.25, 0.3) is 38.6 Å². The van der Waals surface area contributed by atoms with E-state index in [1.807, 2.05) is 60.7 Å². The van der Waals surface area contributed by atoms with Crippen molar-refractivity contribution in [1.82, 2.24) is 4.98 Å². The Labute approximate surface area is 181 Å². The fourth-order valence-electron chi connectivity index (χ4n) is 3.40. The van der Waals surface area contributed by atoms with Crippen LogP contribution in [0.2, 0.25) is 0 Å². The Morgan fingerprint density at radius 1 is 1.03 bits per heavy atom. The van der Waals surface area contributed by atoms with E-state index < -0.39 is 5.63 Å². The van der Waals surface area contributed by atoms with E-state index in [2.05, 4.69) is 16.4 Å². The number of hydrogen-bond acceptors (Lipinski definition) is 6. The lowest BCUT2D eigenvalue weighted by atomic mass is 10.1. The number of para-hydroxylation sites is 1. The van der Waals surface area contributed by atoms with Gasteiger partial charge >= 0.3 is 5.63 Å². The molecule has 2 heterocycles. The lowest BCUT2D eigenvalue weighted by molar-refractivity contribution is 0.563. The third kappa shape index (κ3) is 3.59. The van der Waals surface area contributed by atoms with Gasteiger partial charge in [0.25, 0.3) is 0 Å². The molecule has 1 N–H and O–H groups in total. The molecule has 0 spiro atoms. The average molecular weight is 421 g/mol. The van der Waals surface area contributed by atoms with Gasteiger partial charge in [0.05, 0.1) is 11.3 Å². The van der Waals surface area contributed by atoms with E-state index in [4.69, 9.17) is 4.42 Å². The highest BCUT2D eigenvalue weighted by Crippen LogP contribution is 2.27. The molecule has 0 aliphatic carbocycles. The predicted octanol–water partition coefficient (Wildman–Crippen LogP) is 6.05. The van der Waals surface area contributed by atoms with Crippen molar-refractivity contribution in [2.45, 2.75) is 0 Å². The number of fused-ring (bicyclic) bond motifs is 2. The van der Waals surface area contributed by atoms with Gasteiger partial charge in [-0.3, -0.25) is 0 Å². The summed E-state index contributed by atoms with van der Waals surface area (Å²) in [4.78, 5) is 16.9. The van der Waals surface area contributed by atoms with Gasteiger partial charge in [0.2, 0.25) is 0 Å². The third-order valence-corrected chi connectivity index (χ3v) is 5.81. The Morgan fingerprint density at radius 3 is 2.68 bits per heavy atom. The number of nitriles is 1. The van der Waals surface area contributed by atoms with Gasteiger partial charge in [0, 0.05) is 28.0 Å². The molecule has 6 heteroatoms. The summed E-state index contributed by atoms with van der Waals surface area (Å²) in [6.07, 6.45) is 1.65. The Bertz CT molecular complexity index is 1550. The molecule has 3 aromatic carbocycles. The number of hydrogen-bond donors (Lipinski definition) is 1. The monoisotopic (exact) mass is 421 g/mol. The molecule has 0 aliphatic heterocycles. The van der Waals surface area contributed by atoms with Crippen molar-refractivity contribution in [3.05, 3.63) is 99.8 Å². The van der Waals surface area contributed by atoms with Crippen LogP contribution in [-0.2, 0) is 0 Å². The molecule has 5 nitrogen and oxygen atoms in total. The molecule has 0 aliphatic rings. The average Bonchev–Trinajstić information content (AvgIpc) is 3.29. The molecule has 5 aromatic rings. The van der Waals surface area contributed by atoms with E-state index in [0.717, 1.165) is 21.8 Å². The second kappa shape index (κ2) is 7.90. The molecule has 5 rings (SSSR count). The maximum atomic E-state index is 12.4. The predicted molar refractivity (Wildman–Crippen MR) is 125 cm³/mol. The number of nitrogens with zero attached hydrogens (tertiary/aromatic N) is 2. The van der Waals surface area contributed by atoms with Gasteiger partial charge < -0.3 is 9.73 Å². The Hall–Kier alpha value is -4.21. The second-order valence-corrected chi connectivity index (χ2v) is 7.72. The van der Waals surface area contributed by atoms with Gasteiger partial charge in [0.1, 0.15) is 22.2 Å². The van der Waals surface area contributed by atoms with Crippen LogP contribution in [0.5, 0.6) is 0 Å². The van der Waals surface area contributed by atoms with E-state index in [0.29, 0.717) is 27.4 Å². The van der Waals surface area contributed by atoms with Crippen molar-refractivity contribution in [2.75, 3.05) is 5.32 Å². The molecule has 0 fully saturated rings. The first kappa shape index (κ1) is 18.8. The van der Waals surface area contributed by atoms with Crippen LogP contribution in [0.15, 0.2) is 93.6 Å². The van der Waals surface area contributed by atoms with E-state index in [1.165, 1.54) is 11.3 Å². The normalized spacial score (nSPS) is 11.5. The molecular weight excluding hydrogens is 406 g/mol. The molecule has 0 saturated heterocycles. The van der Waals surface area contributed by atoms with Crippen LogP contribution < -0.4 is 10.9 Å². The zero-order valence-electron chi connectivity index (χ0n) is 16.2. The molecule has 0 atom stereocenters. The molecule has 0 bridgehead atoms. The summed E-state index contributed by atoms with van der Waals surface area (Å²) in [6.45, 7) is 0. The first-order valence-electron chi connectivity index (χ1n) is 9.57. The summed E-state index contributed by atoms with van der Waals surface area (Å²) in [5.74, 6) is 0. The van der Waals surface area contributed by atoms with Crippen molar-refractivity contribution >= 4 is 44.3 Å². The standard InChI is InChI=1S/C25H15N3O2S/c26-13-18(14-27-21-10-5-8-16-6-1-3-9-19(16)21)24-28-22(15-31-24)20-12-17-7-2-4-11-23(17)30-25(20)29/h1-12,14-15,27H/b18-14+. The highest BCUT2D eigenvalue weighted by Gasteiger charge is 2.14. The zero-order chi connectivity index (χ0) is 21.2. The number of benzene rings is 3. The lowest BCUT2D eigenvalue weighted by Gasteiger charge is -2.06. The highest BCUT2D eigenvalue weighted by atomic mass is 32.1. The third-order valence-electron chi connectivity index (χ3n) is 4.93. The number of anilines is 1. The maximum absolute atomic E-state index is 12.4.